The van der Waals surface area contributed by atoms with Gasteiger partial charge in [0.2, 0.25) is 0 Å². The topological polar surface area (TPSA) is 19.4 Å². The van der Waals surface area contributed by atoms with Crippen molar-refractivity contribution in [2.24, 2.45) is 10.8 Å². The highest BCUT2D eigenvalue weighted by Crippen LogP contribution is 2.53. The zero-order chi connectivity index (χ0) is 20.5. The fourth-order valence-corrected chi connectivity index (χ4v) is 6.08. The first-order valence-electron chi connectivity index (χ1n) is 11.3. The molecular weight excluding hydrogens is 354 g/mol. The lowest BCUT2D eigenvalue weighted by atomic mass is 9.60. The summed E-state index contributed by atoms with van der Waals surface area (Å²) < 4.78 is 0. The van der Waals surface area contributed by atoms with Crippen LogP contribution in [0.3, 0.4) is 0 Å². The number of benzene rings is 1. The number of rotatable bonds is 4. The summed E-state index contributed by atoms with van der Waals surface area (Å²) in [6, 6.07) is 13.5. The molecule has 4 rings (SSSR count). The monoisotopic (exact) mass is 391 g/mol. The number of para-hydroxylation sites is 1. The van der Waals surface area contributed by atoms with E-state index >= 15 is 0 Å². The van der Waals surface area contributed by atoms with Crippen molar-refractivity contribution in [2.45, 2.75) is 59.4 Å². The van der Waals surface area contributed by atoms with Crippen LogP contribution in [0.5, 0.6) is 0 Å². The molecule has 2 aliphatic rings. The fourth-order valence-electron chi connectivity index (χ4n) is 6.08. The summed E-state index contributed by atoms with van der Waals surface area (Å²) in [6.45, 7) is 15.3. The quantitative estimate of drug-likeness (QED) is 0.664. The van der Waals surface area contributed by atoms with E-state index in [0.29, 0.717) is 16.7 Å². The summed E-state index contributed by atoms with van der Waals surface area (Å²) in [6.07, 6.45) is 7.72. The molecule has 0 N–H and O–H groups in total. The van der Waals surface area contributed by atoms with E-state index in [0.717, 1.165) is 32.7 Å². The maximum Gasteiger partial charge on any atom is 0.0402 e. The Morgan fingerprint density at radius 3 is 2.14 bits per heavy atom. The van der Waals surface area contributed by atoms with Gasteiger partial charge in [-0.25, -0.2) is 0 Å². The van der Waals surface area contributed by atoms with E-state index in [9.17, 15) is 0 Å². The zero-order valence-corrected chi connectivity index (χ0v) is 18.7. The van der Waals surface area contributed by atoms with Gasteiger partial charge in [0.25, 0.3) is 0 Å². The van der Waals surface area contributed by atoms with Gasteiger partial charge in [-0.05, 0) is 65.3 Å². The van der Waals surface area contributed by atoms with Crippen LogP contribution < -0.4 is 4.90 Å². The molecule has 0 bridgehead atoms. The third-order valence-corrected chi connectivity index (χ3v) is 6.80. The lowest BCUT2D eigenvalue weighted by molar-refractivity contribution is 0.0970. The zero-order valence-electron chi connectivity index (χ0n) is 18.7. The van der Waals surface area contributed by atoms with Crippen molar-refractivity contribution >= 4 is 5.69 Å². The van der Waals surface area contributed by atoms with Crippen molar-refractivity contribution in [1.29, 1.82) is 0 Å². The Hall–Kier alpha value is -1.87. The van der Waals surface area contributed by atoms with Crippen LogP contribution in [0, 0.1) is 10.8 Å². The second-order valence-corrected chi connectivity index (χ2v) is 10.8. The average molecular weight is 392 g/mol. The molecule has 1 aliphatic carbocycles. The van der Waals surface area contributed by atoms with Crippen LogP contribution in [0.25, 0.3) is 0 Å². The van der Waals surface area contributed by atoms with Gasteiger partial charge < -0.3 is 4.90 Å². The first kappa shape index (κ1) is 20.4. The molecule has 2 fully saturated rings. The first-order valence-corrected chi connectivity index (χ1v) is 11.3. The Labute approximate surface area is 177 Å². The normalized spacial score (nSPS) is 22.6. The number of piperazine rings is 1. The molecule has 0 radical (unpaired) electrons. The van der Waals surface area contributed by atoms with Crippen molar-refractivity contribution in [1.82, 2.24) is 9.88 Å². The van der Waals surface area contributed by atoms with Crippen molar-refractivity contribution in [3.63, 3.8) is 0 Å². The summed E-state index contributed by atoms with van der Waals surface area (Å²) in [4.78, 5) is 9.34. The van der Waals surface area contributed by atoms with Crippen molar-refractivity contribution in [2.75, 3.05) is 31.1 Å². The summed E-state index contributed by atoms with van der Waals surface area (Å²) in [5.74, 6) is 0.666. The Balaban J connectivity index is 1.47. The van der Waals surface area contributed by atoms with E-state index in [1.165, 1.54) is 30.5 Å². The second kappa shape index (κ2) is 8.10. The molecule has 1 aliphatic heterocycles. The van der Waals surface area contributed by atoms with Gasteiger partial charge in [-0.1, -0.05) is 45.9 Å². The molecule has 0 atom stereocenters. The molecule has 3 nitrogen and oxygen atoms in total. The van der Waals surface area contributed by atoms with Gasteiger partial charge in [0.15, 0.2) is 0 Å². The summed E-state index contributed by atoms with van der Waals surface area (Å²) in [7, 11) is 0. The van der Waals surface area contributed by atoms with Gasteiger partial charge in [0.1, 0.15) is 0 Å². The second-order valence-electron chi connectivity index (χ2n) is 10.8. The molecule has 3 heteroatoms. The molecule has 1 aromatic heterocycles. The van der Waals surface area contributed by atoms with E-state index < -0.39 is 0 Å². The Kier molecular flexibility index (Phi) is 5.70. The van der Waals surface area contributed by atoms with Gasteiger partial charge in [0, 0.05) is 50.8 Å². The Bertz CT molecular complexity index is 788. The molecule has 2 heterocycles. The highest BCUT2D eigenvalue weighted by atomic mass is 15.3. The fraction of sp³-hybridized carbons (Fsp3) is 0.577. The molecule has 2 aromatic rings. The highest BCUT2D eigenvalue weighted by molar-refractivity contribution is 5.56. The molecule has 1 aromatic carbocycles. The van der Waals surface area contributed by atoms with Crippen LogP contribution >= 0.6 is 0 Å². The molecule has 1 saturated carbocycles. The maximum absolute atomic E-state index is 4.14. The number of hydrogen-bond acceptors (Lipinski definition) is 3. The van der Waals surface area contributed by atoms with Crippen molar-refractivity contribution < 1.29 is 0 Å². The molecule has 0 amide bonds. The molecule has 0 unspecified atom stereocenters. The number of anilines is 1. The largest absolute Gasteiger partial charge is 0.369 e. The Morgan fingerprint density at radius 1 is 0.862 bits per heavy atom. The number of aromatic nitrogens is 1. The maximum atomic E-state index is 4.14. The minimum absolute atomic E-state index is 0.419. The van der Waals surface area contributed by atoms with Gasteiger partial charge in [-0.3, -0.25) is 9.88 Å². The smallest absolute Gasteiger partial charge is 0.0402 e. The van der Waals surface area contributed by atoms with Crippen LogP contribution in [-0.4, -0.2) is 36.1 Å². The summed E-state index contributed by atoms with van der Waals surface area (Å²) in [5, 5.41) is 0. The van der Waals surface area contributed by atoms with Crippen LogP contribution in [0.2, 0.25) is 0 Å². The lowest BCUT2D eigenvalue weighted by Gasteiger charge is -2.46. The van der Waals surface area contributed by atoms with Gasteiger partial charge in [0.05, 0.1) is 0 Å². The predicted octanol–water partition coefficient (Wildman–Crippen LogP) is 5.72. The van der Waals surface area contributed by atoms with Gasteiger partial charge in [-0.15, -0.1) is 0 Å². The molecule has 29 heavy (non-hydrogen) atoms. The third kappa shape index (κ3) is 5.01. The minimum Gasteiger partial charge on any atom is -0.369 e. The first-order chi connectivity index (χ1) is 13.8. The number of pyridine rings is 1. The van der Waals surface area contributed by atoms with Crippen LogP contribution in [0.15, 0.2) is 48.8 Å². The standard InChI is InChI=1S/C26H37N3/c1-25(2)17-22(18-26(3,4)20-25)23-7-5-6-8-24(23)29-15-13-28(14-16-29)19-21-9-11-27-12-10-21/h5-12,22H,13-20H2,1-4H3. The molecular formula is C26H37N3. The van der Waals surface area contributed by atoms with Crippen LogP contribution in [0.4, 0.5) is 5.69 Å². The number of nitrogens with zero attached hydrogens (tertiary/aromatic N) is 3. The lowest BCUT2D eigenvalue weighted by Crippen LogP contribution is -2.46. The van der Waals surface area contributed by atoms with E-state index in [1.807, 2.05) is 12.4 Å². The molecule has 1 saturated heterocycles. The molecule has 156 valence electrons. The predicted molar refractivity (Wildman–Crippen MR) is 122 cm³/mol. The van der Waals surface area contributed by atoms with E-state index in [1.54, 1.807) is 5.56 Å². The SMILES string of the molecule is CC1(C)CC(c2ccccc2N2CCN(Cc3ccncc3)CC2)CC(C)(C)C1. The summed E-state index contributed by atoms with van der Waals surface area (Å²) >= 11 is 0. The summed E-state index contributed by atoms with van der Waals surface area (Å²) in [5.41, 5.74) is 5.26. The average Bonchev–Trinajstić information content (AvgIpc) is 2.67. The Morgan fingerprint density at radius 2 is 1.48 bits per heavy atom. The highest BCUT2D eigenvalue weighted by Gasteiger charge is 2.39. The van der Waals surface area contributed by atoms with Crippen LogP contribution in [-0.2, 0) is 6.54 Å². The van der Waals surface area contributed by atoms with Crippen molar-refractivity contribution in [3.05, 3.63) is 59.9 Å². The van der Waals surface area contributed by atoms with Gasteiger partial charge >= 0.3 is 0 Å². The van der Waals surface area contributed by atoms with Gasteiger partial charge in [-0.2, -0.15) is 0 Å². The number of hydrogen-bond donors (Lipinski definition) is 0. The van der Waals surface area contributed by atoms with E-state index in [-0.39, 0.29) is 0 Å². The van der Waals surface area contributed by atoms with Crippen LogP contribution in [0.1, 0.15) is 64.0 Å². The minimum atomic E-state index is 0.419. The molecule has 0 spiro atoms. The third-order valence-electron chi connectivity index (χ3n) is 6.80. The van der Waals surface area contributed by atoms with Crippen molar-refractivity contribution in [3.8, 4) is 0 Å². The van der Waals surface area contributed by atoms with E-state index in [2.05, 4.69) is 78.9 Å². The van der Waals surface area contributed by atoms with E-state index in [4.69, 9.17) is 0 Å².